The van der Waals surface area contributed by atoms with Gasteiger partial charge in [-0.25, -0.2) is 19.1 Å². The van der Waals surface area contributed by atoms with Crippen LogP contribution in [-0.2, 0) is 9.47 Å². The molecule has 1 saturated carbocycles. The van der Waals surface area contributed by atoms with Crippen molar-refractivity contribution in [3.63, 3.8) is 0 Å². The van der Waals surface area contributed by atoms with Gasteiger partial charge in [0.2, 0.25) is 0 Å². The molecule has 0 unspecified atom stereocenters. The molecule has 0 bridgehead atoms. The molecule has 1 aliphatic carbocycles. The SMILES string of the molecule is C=C1[C@@H](n2cnc3c(N=P)ccnc32)[C@@H](F)[C@H](OC(C)(C)C)[C@H]1COC(C)(C)C. The van der Waals surface area contributed by atoms with Gasteiger partial charge in [0, 0.05) is 12.1 Å². The number of fused-ring (bicyclic) bond motifs is 1. The molecule has 2 aromatic heterocycles. The normalized spacial score (nSPS) is 25.7. The number of nitrogens with zero attached hydrogens (tertiary/aromatic N) is 4. The molecule has 8 heteroatoms. The maximum atomic E-state index is 15.8. The maximum absolute atomic E-state index is 15.8. The minimum atomic E-state index is -1.31. The molecule has 3 rings (SSSR count). The van der Waals surface area contributed by atoms with Crippen LogP contribution in [0.2, 0.25) is 0 Å². The van der Waals surface area contributed by atoms with Crippen molar-refractivity contribution in [3.05, 3.63) is 30.7 Å². The van der Waals surface area contributed by atoms with E-state index in [1.165, 1.54) is 0 Å². The fourth-order valence-electron chi connectivity index (χ4n) is 3.68. The quantitative estimate of drug-likeness (QED) is 0.476. The fraction of sp³-hybridized carbons (Fsp3) is 0.619. The van der Waals surface area contributed by atoms with Gasteiger partial charge in [-0.2, -0.15) is 0 Å². The van der Waals surface area contributed by atoms with E-state index in [4.69, 9.17) is 9.47 Å². The molecule has 29 heavy (non-hydrogen) atoms. The van der Waals surface area contributed by atoms with E-state index in [1.807, 2.05) is 41.5 Å². The van der Waals surface area contributed by atoms with Gasteiger partial charge in [-0.05, 0) is 62.2 Å². The van der Waals surface area contributed by atoms with E-state index in [-0.39, 0.29) is 11.5 Å². The molecule has 6 nitrogen and oxygen atoms in total. The lowest BCUT2D eigenvalue weighted by Crippen LogP contribution is -2.38. The Morgan fingerprint density at radius 3 is 2.48 bits per heavy atom. The number of imidazole rings is 1. The van der Waals surface area contributed by atoms with Crippen LogP contribution in [0.5, 0.6) is 0 Å². The number of hydrogen-bond acceptors (Lipinski definition) is 5. The lowest BCUT2D eigenvalue weighted by molar-refractivity contribution is -0.118. The Morgan fingerprint density at radius 2 is 1.90 bits per heavy atom. The highest BCUT2D eigenvalue weighted by Gasteiger charge is 2.50. The molecule has 0 radical (unpaired) electrons. The third kappa shape index (κ3) is 4.57. The lowest BCUT2D eigenvalue weighted by Gasteiger charge is -2.31. The predicted molar refractivity (Wildman–Crippen MR) is 115 cm³/mol. The van der Waals surface area contributed by atoms with E-state index >= 15 is 4.39 Å². The van der Waals surface area contributed by atoms with Crippen LogP contribution in [-0.4, -0.2) is 44.6 Å². The summed E-state index contributed by atoms with van der Waals surface area (Å²) in [4.78, 5) is 8.82. The molecule has 0 saturated heterocycles. The zero-order valence-corrected chi connectivity index (χ0v) is 18.9. The van der Waals surface area contributed by atoms with Gasteiger partial charge in [0.25, 0.3) is 0 Å². The second-order valence-corrected chi connectivity index (χ2v) is 9.68. The van der Waals surface area contributed by atoms with Crippen molar-refractivity contribution in [2.75, 3.05) is 6.61 Å². The number of hydrogen-bond donors (Lipinski definition) is 0. The summed E-state index contributed by atoms with van der Waals surface area (Å²) in [6, 6.07) is 1.10. The Hall–Kier alpha value is -1.69. The summed E-state index contributed by atoms with van der Waals surface area (Å²) in [6.07, 6.45) is 1.25. The first-order chi connectivity index (χ1) is 13.4. The number of alkyl halides is 1. The Morgan fingerprint density at radius 1 is 1.21 bits per heavy atom. The van der Waals surface area contributed by atoms with Crippen LogP contribution < -0.4 is 0 Å². The summed E-state index contributed by atoms with van der Waals surface area (Å²) in [7, 11) is 3.16. The topological polar surface area (TPSA) is 61.5 Å². The van der Waals surface area contributed by atoms with Crippen LogP contribution >= 0.6 is 9.03 Å². The molecule has 0 aliphatic heterocycles. The van der Waals surface area contributed by atoms with E-state index in [0.29, 0.717) is 23.5 Å². The van der Waals surface area contributed by atoms with Crippen molar-refractivity contribution >= 4 is 25.9 Å². The van der Waals surface area contributed by atoms with Gasteiger partial charge in [-0.1, -0.05) is 6.58 Å². The van der Waals surface area contributed by atoms with Crippen LogP contribution in [0.25, 0.3) is 11.2 Å². The molecule has 0 N–H and O–H groups in total. The second kappa shape index (κ2) is 7.86. The summed E-state index contributed by atoms with van der Waals surface area (Å²) in [5, 5.41) is 0. The summed E-state index contributed by atoms with van der Waals surface area (Å²) in [5.74, 6) is -0.283. The molecule has 0 aromatic carbocycles. The van der Waals surface area contributed by atoms with Gasteiger partial charge in [0.05, 0.1) is 35.9 Å². The van der Waals surface area contributed by atoms with Crippen LogP contribution in [0.1, 0.15) is 47.6 Å². The molecule has 0 amide bonds. The van der Waals surface area contributed by atoms with Gasteiger partial charge in [0.15, 0.2) is 11.8 Å². The lowest BCUT2D eigenvalue weighted by atomic mass is 10.0. The standard InChI is InChI=1S/C21H30FN4O2P/c1-12-13(10-27-20(2,3)4)18(28-21(5,6)7)15(22)17(12)26-11-24-16-14(25-29)8-9-23-19(16)26/h8-9,11,13,15,17-18,29H,1,10H2,2-7H3/t13-,15+,17+,18+/m0/s1. The molecule has 4 atom stereocenters. The third-order valence-corrected chi connectivity index (χ3v) is 5.15. The fourth-order valence-corrected chi connectivity index (χ4v) is 3.86. The van der Waals surface area contributed by atoms with Crippen molar-refractivity contribution < 1.29 is 13.9 Å². The summed E-state index contributed by atoms with van der Waals surface area (Å²) < 4.78 is 33.7. The zero-order chi connectivity index (χ0) is 21.6. The van der Waals surface area contributed by atoms with Crippen molar-refractivity contribution in [2.45, 2.75) is 71.1 Å². The Bertz CT molecular complexity index is 916. The molecule has 2 heterocycles. The maximum Gasteiger partial charge on any atom is 0.162 e. The summed E-state index contributed by atoms with van der Waals surface area (Å²) in [6.45, 7) is 16.3. The van der Waals surface area contributed by atoms with Gasteiger partial charge >= 0.3 is 0 Å². The highest BCUT2D eigenvalue weighted by molar-refractivity contribution is 7.04. The van der Waals surface area contributed by atoms with Crippen LogP contribution in [0.4, 0.5) is 10.1 Å². The van der Waals surface area contributed by atoms with Gasteiger partial charge in [-0.15, -0.1) is 0 Å². The summed E-state index contributed by atoms with van der Waals surface area (Å²) >= 11 is 0. The van der Waals surface area contributed by atoms with Crippen molar-refractivity contribution in [1.29, 1.82) is 0 Å². The monoisotopic (exact) mass is 420 g/mol. The Balaban J connectivity index is 2.01. The van der Waals surface area contributed by atoms with Crippen LogP contribution in [0.3, 0.4) is 0 Å². The van der Waals surface area contributed by atoms with Crippen molar-refractivity contribution in [2.24, 2.45) is 10.7 Å². The minimum Gasteiger partial charge on any atom is -0.375 e. The van der Waals surface area contributed by atoms with Crippen molar-refractivity contribution in [3.8, 4) is 0 Å². The van der Waals surface area contributed by atoms with Crippen LogP contribution in [0.15, 0.2) is 35.5 Å². The average molecular weight is 420 g/mol. The van der Waals surface area contributed by atoms with E-state index in [1.54, 1.807) is 23.2 Å². The molecule has 2 aromatic rings. The van der Waals surface area contributed by atoms with E-state index in [9.17, 15) is 0 Å². The Labute approximate surface area is 173 Å². The molecule has 1 aliphatic rings. The molecule has 0 spiro atoms. The smallest absolute Gasteiger partial charge is 0.162 e. The largest absolute Gasteiger partial charge is 0.375 e. The number of rotatable bonds is 5. The first-order valence-electron chi connectivity index (χ1n) is 9.76. The molecular weight excluding hydrogens is 390 g/mol. The second-order valence-electron chi connectivity index (χ2n) is 9.45. The first kappa shape index (κ1) is 22.0. The predicted octanol–water partition coefficient (Wildman–Crippen LogP) is 5.45. The average Bonchev–Trinajstić information content (AvgIpc) is 3.11. The number of ether oxygens (including phenoxy) is 2. The Kier molecular flexibility index (Phi) is 5.96. The van der Waals surface area contributed by atoms with E-state index < -0.39 is 23.9 Å². The number of aromatic nitrogens is 3. The summed E-state index contributed by atoms with van der Waals surface area (Å²) in [5.41, 5.74) is 1.68. The van der Waals surface area contributed by atoms with Crippen molar-refractivity contribution in [1.82, 2.24) is 14.5 Å². The van der Waals surface area contributed by atoms with Gasteiger partial charge in [-0.3, -0.25) is 0 Å². The molecular formula is C21H30FN4O2P. The van der Waals surface area contributed by atoms with Gasteiger partial charge in [0.1, 0.15) is 11.6 Å². The zero-order valence-electron chi connectivity index (χ0n) is 17.9. The van der Waals surface area contributed by atoms with E-state index in [0.717, 1.165) is 5.57 Å². The number of pyridine rings is 1. The molecule has 1 fully saturated rings. The highest BCUT2D eigenvalue weighted by Crippen LogP contribution is 2.45. The van der Waals surface area contributed by atoms with E-state index in [2.05, 4.69) is 30.3 Å². The number of halogens is 1. The minimum absolute atomic E-state index is 0.283. The molecule has 158 valence electrons. The first-order valence-corrected chi connectivity index (χ1v) is 10.2. The van der Waals surface area contributed by atoms with Crippen LogP contribution in [0, 0.1) is 5.92 Å². The van der Waals surface area contributed by atoms with Gasteiger partial charge < -0.3 is 14.0 Å². The third-order valence-electron chi connectivity index (χ3n) is 4.91. The highest BCUT2D eigenvalue weighted by atomic mass is 31.0.